The molecule has 3 rings (SSSR count). The van der Waals surface area contributed by atoms with Crippen LogP contribution in [-0.4, -0.2) is 38.4 Å². The molecule has 0 fully saturated rings. The lowest BCUT2D eigenvalue weighted by atomic mass is 10.1. The van der Waals surface area contributed by atoms with Gasteiger partial charge < -0.3 is 9.64 Å². The molecule has 0 amide bonds. The zero-order valence-electron chi connectivity index (χ0n) is 15.3. The zero-order valence-corrected chi connectivity index (χ0v) is 16.2. The quantitative estimate of drug-likeness (QED) is 0.396. The number of nitrogens with one attached hydrogen (secondary N) is 1. The van der Waals surface area contributed by atoms with Crippen LogP contribution in [0.25, 0.3) is 11.3 Å². The smallest absolute Gasteiger partial charge is 0.339 e. The molecule has 0 atom stereocenters. The topological polar surface area (TPSA) is 66.8 Å². The summed E-state index contributed by atoms with van der Waals surface area (Å²) in [5, 5.41) is 6.90. The molecule has 1 aromatic heterocycles. The Kier molecular flexibility index (Phi) is 5.83. The summed E-state index contributed by atoms with van der Waals surface area (Å²) in [5.41, 5.74) is 6.97. The van der Waals surface area contributed by atoms with E-state index in [1.54, 1.807) is 12.3 Å². The highest BCUT2D eigenvalue weighted by atomic mass is 32.1. The normalized spacial score (nSPS) is 10.8. The number of benzene rings is 2. The fourth-order valence-electron chi connectivity index (χ4n) is 2.53. The van der Waals surface area contributed by atoms with Crippen molar-refractivity contribution in [1.29, 1.82) is 0 Å². The first-order valence-corrected chi connectivity index (χ1v) is 9.16. The van der Waals surface area contributed by atoms with Gasteiger partial charge in [0.15, 0.2) is 0 Å². The number of nitrogens with zero attached hydrogens (tertiary/aromatic N) is 3. The molecule has 0 aliphatic rings. The molecule has 0 aliphatic heterocycles. The van der Waals surface area contributed by atoms with Crippen molar-refractivity contribution in [3.8, 4) is 11.3 Å². The third kappa shape index (κ3) is 4.51. The van der Waals surface area contributed by atoms with E-state index in [1.165, 1.54) is 18.4 Å². The molecule has 0 aliphatic carbocycles. The molecule has 1 heterocycles. The summed E-state index contributed by atoms with van der Waals surface area (Å²) in [5.74, 6) is -0.380. The van der Waals surface area contributed by atoms with Crippen LogP contribution in [0.5, 0.6) is 0 Å². The van der Waals surface area contributed by atoms with Gasteiger partial charge in [-0.05, 0) is 17.7 Å². The largest absolute Gasteiger partial charge is 0.465 e. The van der Waals surface area contributed by atoms with Crippen LogP contribution in [0.1, 0.15) is 15.9 Å². The lowest BCUT2D eigenvalue weighted by Gasteiger charge is -2.16. The van der Waals surface area contributed by atoms with E-state index in [1.807, 2.05) is 66.8 Å². The molecule has 0 radical (unpaired) electrons. The summed E-state index contributed by atoms with van der Waals surface area (Å²) in [6.07, 6.45) is 1.65. The van der Waals surface area contributed by atoms with Gasteiger partial charge in [-0.3, -0.25) is 5.43 Å². The molecule has 7 heteroatoms. The molecule has 1 N–H and O–H groups in total. The van der Waals surface area contributed by atoms with Crippen molar-refractivity contribution >= 4 is 34.3 Å². The number of carbonyl (C=O) groups excluding carboxylic acids is 1. The molecule has 138 valence electrons. The minimum atomic E-state index is -0.380. The van der Waals surface area contributed by atoms with Crippen LogP contribution in [0.15, 0.2) is 59.0 Å². The van der Waals surface area contributed by atoms with E-state index in [2.05, 4.69) is 15.5 Å². The van der Waals surface area contributed by atoms with Crippen LogP contribution in [0.2, 0.25) is 0 Å². The predicted molar refractivity (Wildman–Crippen MR) is 111 cm³/mol. The third-order valence-electron chi connectivity index (χ3n) is 3.86. The minimum Gasteiger partial charge on any atom is -0.465 e. The maximum Gasteiger partial charge on any atom is 0.339 e. The summed E-state index contributed by atoms with van der Waals surface area (Å²) in [7, 11) is 5.13. The third-order valence-corrected chi connectivity index (χ3v) is 4.60. The lowest BCUT2D eigenvalue weighted by Crippen LogP contribution is -2.15. The average molecular weight is 380 g/mol. The molecular weight excluding hydrogens is 360 g/mol. The molecule has 0 saturated carbocycles. The molecule has 0 unspecified atom stereocenters. The van der Waals surface area contributed by atoms with Gasteiger partial charge in [-0.2, -0.15) is 5.10 Å². The first-order chi connectivity index (χ1) is 13.1. The number of hydrazone groups is 1. The monoisotopic (exact) mass is 380 g/mol. The van der Waals surface area contributed by atoms with E-state index in [0.717, 1.165) is 22.5 Å². The van der Waals surface area contributed by atoms with Gasteiger partial charge in [-0.1, -0.05) is 36.4 Å². The summed E-state index contributed by atoms with van der Waals surface area (Å²) >= 11 is 1.48. The number of ether oxygens (including phenoxy) is 1. The number of methoxy groups -OCH3 is 1. The Labute approximate surface area is 162 Å². The minimum absolute atomic E-state index is 0.380. The van der Waals surface area contributed by atoms with Crippen molar-refractivity contribution in [1.82, 2.24) is 4.98 Å². The van der Waals surface area contributed by atoms with Gasteiger partial charge in [0.2, 0.25) is 5.13 Å². The summed E-state index contributed by atoms with van der Waals surface area (Å²) < 4.78 is 4.87. The van der Waals surface area contributed by atoms with Crippen molar-refractivity contribution in [2.45, 2.75) is 0 Å². The van der Waals surface area contributed by atoms with Gasteiger partial charge >= 0.3 is 5.97 Å². The standard InChI is InChI=1S/C20H20N4O2S/c1-24(2)18-10-9-14(11-16(18)19(25)26-3)12-21-23-20-22-17(13-27-20)15-7-5-4-6-8-15/h4-13H,1-3H3,(H,22,23). The SMILES string of the molecule is COC(=O)c1cc(C=NNc2nc(-c3ccccc3)cs2)ccc1N(C)C. The van der Waals surface area contributed by atoms with Gasteiger partial charge in [0.05, 0.1) is 30.3 Å². The Morgan fingerprint density at radius 1 is 1.22 bits per heavy atom. The molecule has 3 aromatic rings. The summed E-state index contributed by atoms with van der Waals surface area (Å²) in [4.78, 5) is 18.4. The molecule has 0 spiro atoms. The van der Waals surface area contributed by atoms with E-state index in [9.17, 15) is 4.79 Å². The van der Waals surface area contributed by atoms with Crippen molar-refractivity contribution in [3.63, 3.8) is 0 Å². The fraction of sp³-hybridized carbons (Fsp3) is 0.150. The van der Waals surface area contributed by atoms with E-state index in [4.69, 9.17) is 4.74 Å². The van der Waals surface area contributed by atoms with Gasteiger partial charge in [-0.25, -0.2) is 9.78 Å². The highest BCUT2D eigenvalue weighted by molar-refractivity contribution is 7.14. The maximum absolute atomic E-state index is 12.0. The predicted octanol–water partition coefficient (Wildman–Crippen LogP) is 4.11. The maximum atomic E-state index is 12.0. The number of rotatable bonds is 6. The van der Waals surface area contributed by atoms with E-state index < -0.39 is 0 Å². The van der Waals surface area contributed by atoms with Gasteiger partial charge in [0.1, 0.15) is 0 Å². The second-order valence-electron chi connectivity index (χ2n) is 5.94. The number of carbonyl (C=O) groups is 1. The average Bonchev–Trinajstić information content (AvgIpc) is 3.16. The molecule has 0 saturated heterocycles. The first-order valence-electron chi connectivity index (χ1n) is 8.28. The first kappa shape index (κ1) is 18.6. The van der Waals surface area contributed by atoms with Gasteiger partial charge in [0.25, 0.3) is 0 Å². The molecule has 0 bridgehead atoms. The van der Waals surface area contributed by atoms with Crippen LogP contribution in [0, 0.1) is 0 Å². The van der Waals surface area contributed by atoms with E-state index >= 15 is 0 Å². The highest BCUT2D eigenvalue weighted by Crippen LogP contribution is 2.24. The second kappa shape index (κ2) is 8.46. The summed E-state index contributed by atoms with van der Waals surface area (Å²) in [6.45, 7) is 0. The Balaban J connectivity index is 1.73. The van der Waals surface area contributed by atoms with Crippen molar-refractivity contribution in [3.05, 3.63) is 65.0 Å². The van der Waals surface area contributed by atoms with E-state index in [-0.39, 0.29) is 5.97 Å². The number of aromatic nitrogens is 1. The molecular formula is C20H20N4O2S. The van der Waals surface area contributed by atoms with Crippen LogP contribution >= 0.6 is 11.3 Å². The van der Waals surface area contributed by atoms with Gasteiger partial charge in [0, 0.05) is 25.0 Å². The van der Waals surface area contributed by atoms with E-state index in [0.29, 0.717) is 10.7 Å². The van der Waals surface area contributed by atoms with Crippen LogP contribution < -0.4 is 10.3 Å². The van der Waals surface area contributed by atoms with Crippen molar-refractivity contribution in [2.75, 3.05) is 31.5 Å². The van der Waals surface area contributed by atoms with Crippen molar-refractivity contribution < 1.29 is 9.53 Å². The Morgan fingerprint density at radius 2 is 2.00 bits per heavy atom. The number of esters is 1. The molecule has 6 nitrogen and oxygen atoms in total. The Hall–Kier alpha value is -3.19. The number of hydrogen-bond acceptors (Lipinski definition) is 7. The van der Waals surface area contributed by atoms with Gasteiger partial charge in [-0.15, -0.1) is 11.3 Å². The van der Waals surface area contributed by atoms with Crippen molar-refractivity contribution in [2.24, 2.45) is 5.10 Å². The Bertz CT molecular complexity index is 952. The van der Waals surface area contributed by atoms with Crippen LogP contribution in [0.4, 0.5) is 10.8 Å². The fourth-order valence-corrected chi connectivity index (χ4v) is 3.19. The number of hydrogen-bond donors (Lipinski definition) is 1. The number of anilines is 2. The highest BCUT2D eigenvalue weighted by Gasteiger charge is 2.13. The Morgan fingerprint density at radius 3 is 2.70 bits per heavy atom. The van der Waals surface area contributed by atoms with Crippen LogP contribution in [-0.2, 0) is 4.74 Å². The second-order valence-corrected chi connectivity index (χ2v) is 6.79. The van der Waals surface area contributed by atoms with Crippen LogP contribution in [0.3, 0.4) is 0 Å². The molecule has 2 aromatic carbocycles. The summed E-state index contributed by atoms with van der Waals surface area (Å²) in [6, 6.07) is 15.5. The number of thiazole rings is 1. The molecule has 27 heavy (non-hydrogen) atoms. The lowest BCUT2D eigenvalue weighted by molar-refractivity contribution is 0.0601. The zero-order chi connectivity index (χ0) is 19.2.